The molecule has 0 unspecified atom stereocenters. The molecule has 0 bridgehead atoms. The lowest BCUT2D eigenvalue weighted by Crippen LogP contribution is -2.53. The number of pyridine rings is 1. The van der Waals surface area contributed by atoms with Crippen LogP contribution < -0.4 is 19.5 Å². The lowest BCUT2D eigenvalue weighted by molar-refractivity contribution is -0.144. The fraction of sp³-hybridized carbons (Fsp3) is 0.500. The molecular formula is C36H40Cl2N2O5. The minimum Gasteiger partial charge on any atom is -0.493 e. The molecule has 3 aromatic rings. The van der Waals surface area contributed by atoms with Gasteiger partial charge < -0.3 is 24.6 Å². The molecule has 0 amide bonds. The molecule has 238 valence electrons. The number of rotatable bonds is 8. The fourth-order valence-electron chi connectivity index (χ4n) is 8.55. The molecule has 4 aliphatic rings. The Labute approximate surface area is 274 Å². The van der Waals surface area contributed by atoms with Crippen LogP contribution in [0.4, 0.5) is 5.69 Å². The number of aromatic nitrogens is 1. The van der Waals surface area contributed by atoms with E-state index in [1.165, 1.54) is 23.2 Å². The number of nitrogens with one attached hydrogen (secondary N) is 1. The van der Waals surface area contributed by atoms with Crippen molar-refractivity contribution in [2.24, 2.45) is 11.8 Å². The number of carboxylic acid groups (broad SMARTS) is 1. The number of hydrogen-bond donors (Lipinski definition) is 2. The van der Waals surface area contributed by atoms with Gasteiger partial charge in [-0.25, -0.2) is 4.79 Å². The van der Waals surface area contributed by atoms with E-state index in [4.69, 9.17) is 37.4 Å². The van der Waals surface area contributed by atoms with Crippen molar-refractivity contribution in [3.05, 3.63) is 75.0 Å². The topological polar surface area (TPSA) is 89.9 Å². The van der Waals surface area contributed by atoms with Gasteiger partial charge in [-0.2, -0.15) is 0 Å². The van der Waals surface area contributed by atoms with E-state index in [1.54, 1.807) is 12.1 Å². The number of ether oxygens (including phenoxy) is 3. The third-order valence-electron chi connectivity index (χ3n) is 10.9. The molecular weight excluding hydrogens is 611 g/mol. The predicted octanol–water partition coefficient (Wildman–Crippen LogP) is 8.58. The van der Waals surface area contributed by atoms with Crippen molar-refractivity contribution >= 4 is 34.9 Å². The third kappa shape index (κ3) is 5.40. The van der Waals surface area contributed by atoms with Crippen LogP contribution in [0.25, 0.3) is 0 Å². The van der Waals surface area contributed by atoms with Crippen molar-refractivity contribution < 1.29 is 24.1 Å². The highest BCUT2D eigenvalue weighted by Gasteiger charge is 2.55. The number of halogens is 2. The molecule has 2 aromatic carbocycles. The van der Waals surface area contributed by atoms with Gasteiger partial charge in [-0.05, 0) is 122 Å². The minimum absolute atomic E-state index is 0.158. The van der Waals surface area contributed by atoms with Crippen LogP contribution in [-0.4, -0.2) is 35.0 Å². The van der Waals surface area contributed by atoms with Crippen molar-refractivity contribution in [3.63, 3.8) is 0 Å². The van der Waals surface area contributed by atoms with E-state index in [-0.39, 0.29) is 24.0 Å². The number of anilines is 1. The minimum atomic E-state index is -1.09. The largest absolute Gasteiger partial charge is 0.493 e. The Hall–Kier alpha value is -3.16. The summed E-state index contributed by atoms with van der Waals surface area (Å²) in [5.74, 6) is 2.43. The average molecular weight is 652 g/mol. The van der Waals surface area contributed by atoms with Gasteiger partial charge in [-0.15, -0.1) is 0 Å². The maximum Gasteiger partial charge on any atom is 0.329 e. The summed E-state index contributed by atoms with van der Waals surface area (Å²) < 4.78 is 18.1. The molecule has 2 heterocycles. The van der Waals surface area contributed by atoms with E-state index in [0.717, 1.165) is 37.0 Å². The summed E-state index contributed by atoms with van der Waals surface area (Å²) >= 11 is 13.2. The van der Waals surface area contributed by atoms with Gasteiger partial charge in [0.25, 0.3) is 0 Å². The first-order valence-electron chi connectivity index (χ1n) is 16.2. The lowest BCUT2D eigenvalue weighted by atomic mass is 9.59. The smallest absolute Gasteiger partial charge is 0.329 e. The van der Waals surface area contributed by atoms with Gasteiger partial charge in [0, 0.05) is 28.2 Å². The van der Waals surface area contributed by atoms with Crippen LogP contribution in [0.3, 0.4) is 0 Å². The standard InChI is InChI=1S/C36H40Cl2N2O5/c1-21(19-43-29-9-14-39-28-8-3-5-22(2)31(28)29)15-23-16-26-27(18-30-33(32(26)38)45-20-44-30)35(23)10-12-36(13-11-35,34(41)42)40-25-7-4-6-24(37)17-25/h4,6-7,9,14,17-18,21-23,40H,3,5,8,10-13,15-16,19-20H2,1-2H3,(H,41,42)/t21-,22-,23+,35?,36?/m1/s1. The van der Waals surface area contributed by atoms with Gasteiger partial charge in [0.15, 0.2) is 11.5 Å². The SMILES string of the molecule is C[C@@H](COc1ccnc2c1[C@H](C)CCC2)C[C@H]1Cc2c(cc3c(c2Cl)OCO3)C12CCC(Nc1cccc(Cl)c1)(C(=O)O)CC2. The molecule has 2 N–H and O–H groups in total. The first kappa shape index (κ1) is 30.5. The van der Waals surface area contributed by atoms with E-state index >= 15 is 0 Å². The molecule has 45 heavy (non-hydrogen) atoms. The number of nitrogens with zero attached hydrogens (tertiary/aromatic N) is 1. The van der Waals surface area contributed by atoms with Crippen molar-refractivity contribution in [2.45, 2.75) is 88.5 Å². The Bertz CT molecular complexity index is 1620. The van der Waals surface area contributed by atoms with Gasteiger partial charge in [0.2, 0.25) is 6.79 Å². The van der Waals surface area contributed by atoms with E-state index in [0.29, 0.717) is 65.4 Å². The molecule has 0 saturated heterocycles. The van der Waals surface area contributed by atoms with Crippen LogP contribution in [0.15, 0.2) is 42.6 Å². The summed E-state index contributed by atoms with van der Waals surface area (Å²) in [6, 6.07) is 11.4. The predicted molar refractivity (Wildman–Crippen MR) is 175 cm³/mol. The molecule has 7 rings (SSSR count). The normalized spacial score (nSPS) is 27.1. The number of benzene rings is 2. The summed E-state index contributed by atoms with van der Waals surface area (Å²) in [7, 11) is 0. The highest BCUT2D eigenvalue weighted by Crippen LogP contribution is 2.60. The summed E-state index contributed by atoms with van der Waals surface area (Å²) in [5, 5.41) is 15.1. The number of carbonyl (C=O) groups is 1. The molecule has 0 radical (unpaired) electrons. The number of carboxylic acids is 1. The lowest BCUT2D eigenvalue weighted by Gasteiger charge is -2.47. The van der Waals surface area contributed by atoms with Gasteiger partial charge in [-0.1, -0.05) is 43.1 Å². The van der Waals surface area contributed by atoms with Gasteiger partial charge in [-0.3, -0.25) is 4.98 Å². The molecule has 1 aromatic heterocycles. The van der Waals surface area contributed by atoms with Crippen LogP contribution in [0.5, 0.6) is 17.2 Å². The van der Waals surface area contributed by atoms with Crippen LogP contribution in [0.2, 0.25) is 10.0 Å². The molecule has 1 spiro atoms. The number of fused-ring (bicyclic) bond motifs is 4. The zero-order chi connectivity index (χ0) is 31.3. The quantitative estimate of drug-likeness (QED) is 0.252. The highest BCUT2D eigenvalue weighted by atomic mass is 35.5. The molecule has 7 nitrogen and oxygen atoms in total. The Kier molecular flexibility index (Phi) is 8.06. The Morgan fingerprint density at radius 2 is 2.00 bits per heavy atom. The molecule has 3 aliphatic carbocycles. The third-order valence-corrected chi connectivity index (χ3v) is 11.5. The number of aliphatic carboxylic acids is 1. The van der Waals surface area contributed by atoms with Crippen molar-refractivity contribution in [3.8, 4) is 17.2 Å². The second-order valence-electron chi connectivity index (χ2n) is 13.6. The monoisotopic (exact) mass is 650 g/mol. The maximum absolute atomic E-state index is 12.9. The highest BCUT2D eigenvalue weighted by molar-refractivity contribution is 6.33. The van der Waals surface area contributed by atoms with Crippen LogP contribution in [-0.2, 0) is 23.1 Å². The first-order chi connectivity index (χ1) is 21.7. The van der Waals surface area contributed by atoms with Gasteiger partial charge >= 0.3 is 5.97 Å². The zero-order valence-corrected chi connectivity index (χ0v) is 27.3. The summed E-state index contributed by atoms with van der Waals surface area (Å²) in [5.41, 5.74) is 4.14. The van der Waals surface area contributed by atoms with Crippen LogP contribution in [0.1, 0.15) is 87.1 Å². The summed E-state index contributed by atoms with van der Waals surface area (Å²) in [6.45, 7) is 5.29. The van der Waals surface area contributed by atoms with Crippen molar-refractivity contribution in [1.29, 1.82) is 0 Å². The second kappa shape index (κ2) is 11.9. The Morgan fingerprint density at radius 3 is 2.78 bits per heavy atom. The summed E-state index contributed by atoms with van der Waals surface area (Å²) in [4.78, 5) is 17.5. The Morgan fingerprint density at radius 1 is 1.18 bits per heavy atom. The zero-order valence-electron chi connectivity index (χ0n) is 25.8. The number of hydrogen-bond acceptors (Lipinski definition) is 6. The van der Waals surface area contributed by atoms with Crippen molar-refractivity contribution in [1.82, 2.24) is 4.98 Å². The van der Waals surface area contributed by atoms with E-state index < -0.39 is 11.5 Å². The van der Waals surface area contributed by atoms with E-state index in [2.05, 4.69) is 30.2 Å². The molecule has 1 saturated carbocycles. The first-order valence-corrected chi connectivity index (χ1v) is 16.9. The van der Waals surface area contributed by atoms with Gasteiger partial charge in [0.1, 0.15) is 11.3 Å². The molecule has 1 fully saturated rings. The molecule has 9 heteroatoms. The van der Waals surface area contributed by atoms with Crippen LogP contribution in [0, 0.1) is 11.8 Å². The second-order valence-corrected chi connectivity index (χ2v) is 14.5. The maximum atomic E-state index is 12.9. The Balaban J connectivity index is 1.15. The molecule has 3 atom stereocenters. The molecule has 1 aliphatic heterocycles. The average Bonchev–Trinajstić information content (AvgIpc) is 3.61. The van der Waals surface area contributed by atoms with Crippen LogP contribution >= 0.6 is 23.2 Å². The fourth-order valence-corrected chi connectivity index (χ4v) is 9.06. The van der Waals surface area contributed by atoms with Gasteiger partial charge in [0.05, 0.1) is 11.6 Å². The van der Waals surface area contributed by atoms with E-state index in [1.807, 2.05) is 24.4 Å². The number of aryl methyl sites for hydroxylation is 1. The van der Waals surface area contributed by atoms with Crippen molar-refractivity contribution in [2.75, 3.05) is 18.7 Å². The van der Waals surface area contributed by atoms with E-state index in [9.17, 15) is 9.90 Å². The summed E-state index contributed by atoms with van der Waals surface area (Å²) in [6.07, 6.45) is 9.34.